The topological polar surface area (TPSA) is 59.4 Å². The molecular formula is C23H32N4O2. The van der Waals surface area contributed by atoms with Gasteiger partial charge >= 0.3 is 0 Å². The van der Waals surface area contributed by atoms with Crippen molar-refractivity contribution < 1.29 is 9.53 Å². The molecule has 2 aliphatic rings. The van der Waals surface area contributed by atoms with Crippen LogP contribution in [-0.4, -0.2) is 53.6 Å². The maximum atomic E-state index is 12.5. The van der Waals surface area contributed by atoms with Gasteiger partial charge in [0.1, 0.15) is 17.3 Å². The number of rotatable bonds is 6. The molecule has 29 heavy (non-hydrogen) atoms. The van der Waals surface area contributed by atoms with Crippen molar-refractivity contribution in [3.8, 4) is 5.75 Å². The summed E-state index contributed by atoms with van der Waals surface area (Å²) in [5.41, 5.74) is 4.25. The summed E-state index contributed by atoms with van der Waals surface area (Å²) >= 11 is 0. The van der Waals surface area contributed by atoms with Crippen molar-refractivity contribution in [2.24, 2.45) is 0 Å². The Hall–Kier alpha value is -2.34. The summed E-state index contributed by atoms with van der Waals surface area (Å²) in [4.78, 5) is 19.5. The Morgan fingerprint density at radius 1 is 1.24 bits per heavy atom. The van der Waals surface area contributed by atoms with Crippen LogP contribution in [0.5, 0.6) is 5.75 Å². The summed E-state index contributed by atoms with van der Waals surface area (Å²) in [5, 5.41) is 3.04. The number of carbonyl (C=O) groups is 1. The van der Waals surface area contributed by atoms with Gasteiger partial charge in [-0.05, 0) is 62.9 Å². The molecule has 0 unspecified atom stereocenters. The van der Waals surface area contributed by atoms with E-state index in [1.54, 1.807) is 7.11 Å². The van der Waals surface area contributed by atoms with Gasteiger partial charge in [-0.25, -0.2) is 4.98 Å². The van der Waals surface area contributed by atoms with Crippen LogP contribution in [0, 0.1) is 13.8 Å². The summed E-state index contributed by atoms with van der Waals surface area (Å²) in [6, 6.07) is 4.48. The van der Waals surface area contributed by atoms with Gasteiger partial charge in [-0.3, -0.25) is 4.79 Å². The highest BCUT2D eigenvalue weighted by atomic mass is 16.5. The molecule has 3 heterocycles. The van der Waals surface area contributed by atoms with Crippen LogP contribution in [0.4, 0.5) is 0 Å². The Balaban J connectivity index is 1.40. The van der Waals surface area contributed by atoms with E-state index >= 15 is 0 Å². The zero-order valence-electron chi connectivity index (χ0n) is 17.8. The lowest BCUT2D eigenvalue weighted by Gasteiger charge is -2.25. The molecule has 1 aromatic carbocycles. The summed E-state index contributed by atoms with van der Waals surface area (Å²) in [7, 11) is 1.73. The van der Waals surface area contributed by atoms with Crippen molar-refractivity contribution in [3.63, 3.8) is 0 Å². The lowest BCUT2D eigenvalue weighted by Crippen LogP contribution is -2.33. The molecule has 1 atom stereocenters. The van der Waals surface area contributed by atoms with Crippen LogP contribution in [0.2, 0.25) is 0 Å². The number of ether oxygens (including phenoxy) is 1. The average Bonchev–Trinajstić information content (AvgIpc) is 3.36. The number of aromatic nitrogens is 2. The second kappa shape index (κ2) is 8.57. The summed E-state index contributed by atoms with van der Waals surface area (Å²) in [6.07, 6.45) is 6.43. The number of aryl methyl sites for hydroxylation is 3. The number of benzene rings is 1. The van der Waals surface area contributed by atoms with Crippen LogP contribution in [0.15, 0.2) is 18.3 Å². The fraction of sp³-hybridized carbons (Fsp3) is 0.565. The number of nitrogens with zero attached hydrogens (tertiary/aromatic N) is 3. The number of nitrogens with one attached hydrogen (secondary N) is 1. The zero-order chi connectivity index (χ0) is 20.4. The van der Waals surface area contributed by atoms with Gasteiger partial charge in [0.15, 0.2) is 0 Å². The summed E-state index contributed by atoms with van der Waals surface area (Å²) < 4.78 is 7.67. The normalized spacial score (nSPS) is 19.2. The number of imidazole rings is 1. The lowest BCUT2D eigenvalue weighted by molar-refractivity contribution is 0.0945. The minimum atomic E-state index is -0.0567. The van der Waals surface area contributed by atoms with Crippen molar-refractivity contribution in [2.45, 2.75) is 52.0 Å². The zero-order valence-corrected chi connectivity index (χ0v) is 17.8. The first-order valence-corrected chi connectivity index (χ1v) is 10.8. The fourth-order valence-electron chi connectivity index (χ4n) is 4.79. The average molecular weight is 397 g/mol. The molecule has 6 nitrogen and oxygen atoms in total. The summed E-state index contributed by atoms with van der Waals surface area (Å²) in [6.45, 7) is 9.00. The molecule has 0 saturated carbocycles. The van der Waals surface area contributed by atoms with E-state index in [2.05, 4.69) is 45.7 Å². The van der Waals surface area contributed by atoms with E-state index in [1.807, 2.05) is 6.20 Å². The molecule has 6 heteroatoms. The van der Waals surface area contributed by atoms with E-state index in [0.29, 0.717) is 18.2 Å². The van der Waals surface area contributed by atoms with E-state index in [4.69, 9.17) is 4.74 Å². The standard InChI is InChI=1S/C23H32N4O2/c1-16-12-19(13-17(2)22(16)29-3)18-6-7-21-25-20(15-27(21)14-18)23(28)24-8-11-26-9-4-5-10-26/h12-13,15,18H,4-11,14H2,1-3H3,(H,24,28)/t18-/m1/s1. The Morgan fingerprint density at radius 3 is 2.66 bits per heavy atom. The van der Waals surface area contributed by atoms with E-state index in [0.717, 1.165) is 50.6 Å². The van der Waals surface area contributed by atoms with Gasteiger partial charge in [0, 0.05) is 38.2 Å². The number of carbonyl (C=O) groups excluding carboxylic acids is 1. The second-order valence-corrected chi connectivity index (χ2v) is 8.42. The van der Waals surface area contributed by atoms with Crippen molar-refractivity contribution in [1.29, 1.82) is 0 Å². The number of amides is 1. The number of hydrogen-bond donors (Lipinski definition) is 1. The predicted molar refractivity (Wildman–Crippen MR) is 114 cm³/mol. The van der Waals surface area contributed by atoms with Gasteiger partial charge in [0.05, 0.1) is 7.11 Å². The first kappa shape index (κ1) is 20.0. The lowest BCUT2D eigenvalue weighted by atomic mass is 9.89. The molecule has 1 saturated heterocycles. The predicted octanol–water partition coefficient (Wildman–Crippen LogP) is 3.06. The van der Waals surface area contributed by atoms with Gasteiger partial charge in [-0.15, -0.1) is 0 Å². The molecule has 1 N–H and O–H groups in total. The highest BCUT2D eigenvalue weighted by Crippen LogP contribution is 2.33. The van der Waals surface area contributed by atoms with Crippen molar-refractivity contribution in [3.05, 3.63) is 46.5 Å². The van der Waals surface area contributed by atoms with Gasteiger partial charge in [0.25, 0.3) is 5.91 Å². The Kier molecular flexibility index (Phi) is 5.90. The molecule has 4 rings (SSSR count). The fourth-order valence-corrected chi connectivity index (χ4v) is 4.79. The highest BCUT2D eigenvalue weighted by Gasteiger charge is 2.24. The Labute approximate surface area is 173 Å². The largest absolute Gasteiger partial charge is 0.496 e. The first-order chi connectivity index (χ1) is 14.0. The van der Waals surface area contributed by atoms with E-state index in [9.17, 15) is 4.79 Å². The quantitative estimate of drug-likeness (QED) is 0.815. The molecule has 0 aliphatic carbocycles. The second-order valence-electron chi connectivity index (χ2n) is 8.42. The van der Waals surface area contributed by atoms with Gasteiger partial charge in [-0.2, -0.15) is 0 Å². The van der Waals surface area contributed by atoms with Crippen LogP contribution in [0.3, 0.4) is 0 Å². The van der Waals surface area contributed by atoms with Gasteiger partial charge in [-0.1, -0.05) is 12.1 Å². The monoisotopic (exact) mass is 396 g/mol. The molecule has 0 radical (unpaired) electrons. The van der Waals surface area contributed by atoms with Crippen LogP contribution >= 0.6 is 0 Å². The van der Waals surface area contributed by atoms with Crippen LogP contribution in [0.1, 0.15) is 58.2 Å². The molecule has 2 aliphatic heterocycles. The maximum absolute atomic E-state index is 12.5. The van der Waals surface area contributed by atoms with Crippen LogP contribution in [0.25, 0.3) is 0 Å². The van der Waals surface area contributed by atoms with Crippen LogP contribution < -0.4 is 10.1 Å². The number of methoxy groups -OCH3 is 1. The molecule has 1 amide bonds. The maximum Gasteiger partial charge on any atom is 0.271 e. The van der Waals surface area contributed by atoms with Crippen LogP contribution in [-0.2, 0) is 13.0 Å². The Bertz CT molecular complexity index is 860. The van der Waals surface area contributed by atoms with E-state index < -0.39 is 0 Å². The number of likely N-dealkylation sites (tertiary alicyclic amines) is 1. The third kappa shape index (κ3) is 4.32. The SMILES string of the molecule is COc1c(C)cc([C@@H]2CCc3nc(C(=O)NCCN4CCCC4)cn3C2)cc1C. The van der Waals surface area contributed by atoms with Crippen molar-refractivity contribution in [2.75, 3.05) is 33.3 Å². The molecular weight excluding hydrogens is 364 g/mol. The number of hydrogen-bond acceptors (Lipinski definition) is 4. The van der Waals surface area contributed by atoms with Gasteiger partial charge < -0.3 is 19.5 Å². The highest BCUT2D eigenvalue weighted by molar-refractivity contribution is 5.92. The molecule has 156 valence electrons. The Morgan fingerprint density at radius 2 is 1.97 bits per heavy atom. The van der Waals surface area contributed by atoms with Gasteiger partial charge in [0.2, 0.25) is 0 Å². The smallest absolute Gasteiger partial charge is 0.271 e. The summed E-state index contributed by atoms with van der Waals surface area (Å²) in [5.74, 6) is 2.37. The molecule has 1 fully saturated rings. The molecule has 0 spiro atoms. The minimum absolute atomic E-state index is 0.0567. The molecule has 1 aromatic heterocycles. The third-order valence-corrected chi connectivity index (χ3v) is 6.30. The van der Waals surface area contributed by atoms with Crippen molar-refractivity contribution in [1.82, 2.24) is 19.8 Å². The molecule has 0 bridgehead atoms. The molecule has 2 aromatic rings. The van der Waals surface area contributed by atoms with Crippen molar-refractivity contribution >= 4 is 5.91 Å². The minimum Gasteiger partial charge on any atom is -0.496 e. The first-order valence-electron chi connectivity index (χ1n) is 10.8. The van der Waals surface area contributed by atoms with E-state index in [-0.39, 0.29) is 5.91 Å². The van der Waals surface area contributed by atoms with E-state index in [1.165, 1.54) is 29.5 Å². The third-order valence-electron chi connectivity index (χ3n) is 6.30. The number of fused-ring (bicyclic) bond motifs is 1.